The number of aliphatic hydroxyl groups is 1. The van der Waals surface area contributed by atoms with E-state index in [1.54, 1.807) is 0 Å². The van der Waals surface area contributed by atoms with E-state index in [0.29, 0.717) is 16.7 Å². The van der Waals surface area contributed by atoms with Gasteiger partial charge in [-0.15, -0.1) is 0 Å². The van der Waals surface area contributed by atoms with Crippen molar-refractivity contribution in [3.8, 4) is 0 Å². The summed E-state index contributed by atoms with van der Waals surface area (Å²) in [7, 11) is 0. The molecule has 92 valence electrons. The summed E-state index contributed by atoms with van der Waals surface area (Å²) in [5.74, 6) is 2.31. The fraction of sp³-hybridized carbons (Fsp3) is 1.00. The Labute approximate surface area is 99.6 Å². The molecule has 0 unspecified atom stereocenters. The maximum atomic E-state index is 10.6. The zero-order valence-corrected chi connectivity index (χ0v) is 11.2. The lowest BCUT2D eigenvalue weighted by Gasteiger charge is -2.36. The van der Waals surface area contributed by atoms with Crippen LogP contribution in [0.25, 0.3) is 0 Å². The monoisotopic (exact) mass is 222 g/mol. The van der Waals surface area contributed by atoms with Crippen molar-refractivity contribution >= 4 is 0 Å². The standard InChI is InChI=1S/C15H26O/c1-13(2)7-10-8-14(10,3)11-5-6-15(4,16)12(11)9-13/h10-12,16H,5-9H2,1-4H3/t10-,11+,12-,14+,15+/m1/s1. The molecule has 0 heterocycles. The van der Waals surface area contributed by atoms with Crippen LogP contribution in [0.2, 0.25) is 0 Å². The van der Waals surface area contributed by atoms with Gasteiger partial charge in [0.2, 0.25) is 0 Å². The largest absolute Gasteiger partial charge is 0.390 e. The Bertz CT molecular complexity index is 317. The van der Waals surface area contributed by atoms with E-state index in [1.807, 2.05) is 0 Å². The van der Waals surface area contributed by atoms with Crippen LogP contribution >= 0.6 is 0 Å². The molecule has 1 heteroatoms. The Morgan fingerprint density at radius 2 is 1.62 bits per heavy atom. The Morgan fingerprint density at radius 3 is 2.31 bits per heavy atom. The summed E-state index contributed by atoms with van der Waals surface area (Å²) in [6, 6.07) is 0. The highest BCUT2D eigenvalue weighted by Crippen LogP contribution is 2.70. The van der Waals surface area contributed by atoms with Gasteiger partial charge >= 0.3 is 0 Å². The van der Waals surface area contributed by atoms with Gasteiger partial charge < -0.3 is 5.11 Å². The minimum Gasteiger partial charge on any atom is -0.390 e. The number of fused-ring (bicyclic) bond motifs is 3. The molecule has 0 aromatic rings. The highest BCUT2D eigenvalue weighted by molar-refractivity contribution is 5.13. The summed E-state index contributed by atoms with van der Waals surface area (Å²) < 4.78 is 0. The highest BCUT2D eigenvalue weighted by Gasteiger charge is 2.64. The fourth-order valence-corrected chi connectivity index (χ4v) is 5.00. The topological polar surface area (TPSA) is 20.2 Å². The predicted molar refractivity (Wildman–Crippen MR) is 66.1 cm³/mol. The van der Waals surface area contributed by atoms with Crippen LogP contribution in [-0.2, 0) is 0 Å². The fourth-order valence-electron chi connectivity index (χ4n) is 5.00. The molecule has 1 N–H and O–H groups in total. The minimum absolute atomic E-state index is 0.386. The van der Waals surface area contributed by atoms with Crippen molar-refractivity contribution in [2.24, 2.45) is 28.6 Å². The van der Waals surface area contributed by atoms with Crippen LogP contribution in [0, 0.1) is 28.6 Å². The zero-order chi connectivity index (χ0) is 11.8. The molecule has 0 amide bonds. The zero-order valence-electron chi connectivity index (χ0n) is 11.2. The van der Waals surface area contributed by atoms with Crippen LogP contribution in [0.5, 0.6) is 0 Å². The van der Waals surface area contributed by atoms with Crippen molar-refractivity contribution in [1.82, 2.24) is 0 Å². The van der Waals surface area contributed by atoms with Crippen molar-refractivity contribution < 1.29 is 5.11 Å². The van der Waals surface area contributed by atoms with Crippen molar-refractivity contribution in [3.05, 3.63) is 0 Å². The van der Waals surface area contributed by atoms with Crippen molar-refractivity contribution in [2.45, 2.75) is 65.4 Å². The summed E-state index contributed by atoms with van der Waals surface area (Å²) >= 11 is 0. The summed E-state index contributed by atoms with van der Waals surface area (Å²) in [4.78, 5) is 0. The van der Waals surface area contributed by atoms with Gasteiger partial charge in [0.15, 0.2) is 0 Å². The number of hydrogen-bond donors (Lipinski definition) is 1. The van der Waals surface area contributed by atoms with E-state index in [-0.39, 0.29) is 5.60 Å². The molecule has 16 heavy (non-hydrogen) atoms. The van der Waals surface area contributed by atoms with Gasteiger partial charge in [-0.3, -0.25) is 0 Å². The summed E-state index contributed by atoms with van der Waals surface area (Å²) in [5, 5.41) is 10.6. The first-order chi connectivity index (χ1) is 7.25. The predicted octanol–water partition coefficient (Wildman–Crippen LogP) is 3.61. The van der Waals surface area contributed by atoms with Gasteiger partial charge in [0.05, 0.1) is 5.60 Å². The van der Waals surface area contributed by atoms with Gasteiger partial charge in [-0.25, -0.2) is 0 Å². The molecule has 3 aliphatic carbocycles. The van der Waals surface area contributed by atoms with E-state index in [9.17, 15) is 5.11 Å². The van der Waals surface area contributed by atoms with E-state index in [4.69, 9.17) is 0 Å². The summed E-state index contributed by atoms with van der Waals surface area (Å²) in [5.41, 5.74) is 0.636. The van der Waals surface area contributed by atoms with Gasteiger partial charge in [-0.05, 0) is 67.6 Å². The molecular weight excluding hydrogens is 196 g/mol. The first-order valence-corrected chi connectivity index (χ1v) is 6.97. The normalized spacial score (nSPS) is 58.7. The lowest BCUT2D eigenvalue weighted by Crippen LogP contribution is -2.36. The lowest BCUT2D eigenvalue weighted by atomic mass is 9.72. The highest BCUT2D eigenvalue weighted by atomic mass is 16.3. The Morgan fingerprint density at radius 1 is 0.938 bits per heavy atom. The van der Waals surface area contributed by atoms with Crippen LogP contribution in [0.1, 0.15) is 59.8 Å². The molecule has 5 atom stereocenters. The average Bonchev–Trinajstić information content (AvgIpc) is 2.64. The maximum absolute atomic E-state index is 10.6. The van der Waals surface area contributed by atoms with Crippen molar-refractivity contribution in [2.75, 3.05) is 0 Å². The van der Waals surface area contributed by atoms with Crippen LogP contribution in [0.4, 0.5) is 0 Å². The lowest BCUT2D eigenvalue weighted by molar-refractivity contribution is -0.0127. The van der Waals surface area contributed by atoms with Crippen LogP contribution in [0.3, 0.4) is 0 Å². The molecule has 0 spiro atoms. The van der Waals surface area contributed by atoms with E-state index in [1.165, 1.54) is 25.7 Å². The molecule has 0 aromatic carbocycles. The Hall–Kier alpha value is -0.0400. The summed E-state index contributed by atoms with van der Waals surface area (Å²) in [6.07, 6.45) is 6.33. The second-order valence-electron chi connectivity index (χ2n) is 8.09. The smallest absolute Gasteiger partial charge is 0.0651 e. The maximum Gasteiger partial charge on any atom is 0.0651 e. The van der Waals surface area contributed by atoms with E-state index < -0.39 is 0 Å². The van der Waals surface area contributed by atoms with Gasteiger partial charge in [-0.1, -0.05) is 20.8 Å². The number of hydrogen-bond acceptors (Lipinski definition) is 1. The quantitative estimate of drug-likeness (QED) is 0.664. The average molecular weight is 222 g/mol. The molecule has 3 aliphatic rings. The molecular formula is C15H26O. The molecule has 0 bridgehead atoms. The Balaban J connectivity index is 1.96. The molecule has 3 fully saturated rings. The molecule has 1 nitrogen and oxygen atoms in total. The third kappa shape index (κ3) is 1.40. The number of rotatable bonds is 0. The SMILES string of the molecule is CC1(C)C[C@@H]2C[C@]2(C)[C@H]2CC[C@](C)(O)[C@@H]2C1. The van der Waals surface area contributed by atoms with E-state index in [2.05, 4.69) is 27.7 Å². The molecule has 0 radical (unpaired) electrons. The third-order valence-electron chi connectivity index (χ3n) is 6.12. The van der Waals surface area contributed by atoms with Gasteiger partial charge in [-0.2, -0.15) is 0 Å². The van der Waals surface area contributed by atoms with Gasteiger partial charge in [0, 0.05) is 0 Å². The first-order valence-electron chi connectivity index (χ1n) is 6.97. The van der Waals surface area contributed by atoms with Crippen molar-refractivity contribution in [1.29, 1.82) is 0 Å². The molecule has 3 saturated carbocycles. The third-order valence-corrected chi connectivity index (χ3v) is 6.12. The minimum atomic E-state index is -0.386. The first kappa shape index (κ1) is 11.1. The molecule has 0 saturated heterocycles. The molecule has 3 rings (SSSR count). The van der Waals surface area contributed by atoms with Crippen LogP contribution < -0.4 is 0 Å². The van der Waals surface area contributed by atoms with Crippen LogP contribution in [-0.4, -0.2) is 10.7 Å². The van der Waals surface area contributed by atoms with Gasteiger partial charge in [0.1, 0.15) is 0 Å². The molecule has 0 aliphatic heterocycles. The van der Waals surface area contributed by atoms with Crippen molar-refractivity contribution in [3.63, 3.8) is 0 Å². The van der Waals surface area contributed by atoms with E-state index in [0.717, 1.165) is 18.3 Å². The second-order valence-corrected chi connectivity index (χ2v) is 8.09. The second kappa shape index (κ2) is 2.85. The molecule has 0 aromatic heterocycles. The van der Waals surface area contributed by atoms with Crippen LogP contribution in [0.15, 0.2) is 0 Å². The summed E-state index contributed by atoms with van der Waals surface area (Å²) in [6.45, 7) is 9.38. The van der Waals surface area contributed by atoms with E-state index >= 15 is 0 Å². The van der Waals surface area contributed by atoms with Gasteiger partial charge in [0.25, 0.3) is 0 Å². The Kier molecular flexibility index (Phi) is 1.98.